The number of hydrogen-bond acceptors (Lipinski definition) is 1. The van der Waals surface area contributed by atoms with Crippen LogP contribution in [0.4, 0.5) is 0 Å². The summed E-state index contributed by atoms with van der Waals surface area (Å²) >= 11 is 0. The fourth-order valence-corrected chi connectivity index (χ4v) is 2.04. The molecule has 0 heterocycles. The Morgan fingerprint density at radius 1 is 1.56 bits per heavy atom. The van der Waals surface area contributed by atoms with Crippen molar-refractivity contribution in [3.63, 3.8) is 0 Å². The zero-order valence-electron chi connectivity index (χ0n) is 10.8. The molecule has 0 fully saturated rings. The smallest absolute Gasteiger partial charge is 0.0891 e. The molecule has 16 heavy (non-hydrogen) atoms. The Bertz CT molecular complexity index is 318. The summed E-state index contributed by atoms with van der Waals surface area (Å²) in [7, 11) is 0. The van der Waals surface area contributed by atoms with E-state index in [2.05, 4.69) is 39.5 Å². The third-order valence-electron chi connectivity index (χ3n) is 3.38. The topological polar surface area (TPSA) is 20.2 Å². The first kappa shape index (κ1) is 13.2. The van der Waals surface area contributed by atoms with E-state index in [4.69, 9.17) is 0 Å². The molecule has 0 aromatic rings. The van der Waals surface area contributed by atoms with E-state index in [1.54, 1.807) is 0 Å². The maximum absolute atomic E-state index is 10.5. The van der Waals surface area contributed by atoms with Crippen LogP contribution in [-0.2, 0) is 0 Å². The minimum Gasteiger partial charge on any atom is -0.385 e. The van der Waals surface area contributed by atoms with Crippen LogP contribution in [0.15, 0.2) is 35.5 Å². The second-order valence-corrected chi connectivity index (χ2v) is 5.21. The molecule has 0 saturated heterocycles. The molecular formula is C15H24O. The Hall–Kier alpha value is -0.820. The van der Waals surface area contributed by atoms with E-state index in [0.29, 0.717) is 0 Å². The van der Waals surface area contributed by atoms with Crippen LogP contribution in [0.2, 0.25) is 0 Å². The standard InChI is InChI=1S/C15H24O/c1-12(2)6-5-7-14(4)15(16)10-8-13(3)9-11-15/h6,8,16H,4-5,7,9-11H2,1-3H3. The van der Waals surface area contributed by atoms with Gasteiger partial charge in [-0.15, -0.1) is 0 Å². The van der Waals surface area contributed by atoms with Gasteiger partial charge in [-0.2, -0.15) is 0 Å². The first-order chi connectivity index (χ1) is 7.44. The summed E-state index contributed by atoms with van der Waals surface area (Å²) in [4.78, 5) is 0. The van der Waals surface area contributed by atoms with E-state index in [-0.39, 0.29) is 0 Å². The third kappa shape index (κ3) is 3.64. The largest absolute Gasteiger partial charge is 0.385 e. The highest BCUT2D eigenvalue weighted by atomic mass is 16.3. The van der Waals surface area contributed by atoms with Gasteiger partial charge in [-0.3, -0.25) is 0 Å². The Kier molecular flexibility index (Phi) is 4.55. The molecule has 1 rings (SSSR count). The fourth-order valence-electron chi connectivity index (χ4n) is 2.04. The highest BCUT2D eigenvalue weighted by molar-refractivity contribution is 5.21. The predicted octanol–water partition coefficient (Wildman–Crippen LogP) is 4.15. The van der Waals surface area contributed by atoms with Gasteiger partial charge in [0.2, 0.25) is 0 Å². The summed E-state index contributed by atoms with van der Waals surface area (Å²) < 4.78 is 0. The summed E-state index contributed by atoms with van der Waals surface area (Å²) in [6, 6.07) is 0. The number of rotatable bonds is 4. The third-order valence-corrected chi connectivity index (χ3v) is 3.38. The fraction of sp³-hybridized carbons (Fsp3) is 0.600. The summed E-state index contributed by atoms with van der Waals surface area (Å²) in [5.41, 5.74) is 3.07. The molecule has 1 heteroatoms. The van der Waals surface area contributed by atoms with Crippen molar-refractivity contribution in [1.29, 1.82) is 0 Å². The number of hydrogen-bond donors (Lipinski definition) is 1. The average Bonchev–Trinajstić information content (AvgIpc) is 2.22. The van der Waals surface area contributed by atoms with Crippen LogP contribution in [0.5, 0.6) is 0 Å². The molecule has 0 aromatic carbocycles. The van der Waals surface area contributed by atoms with Crippen molar-refractivity contribution >= 4 is 0 Å². The molecule has 1 aliphatic carbocycles. The van der Waals surface area contributed by atoms with Crippen molar-refractivity contribution < 1.29 is 5.11 Å². The molecule has 0 aromatic heterocycles. The second kappa shape index (κ2) is 5.49. The highest BCUT2D eigenvalue weighted by Gasteiger charge is 2.30. The van der Waals surface area contributed by atoms with E-state index in [1.807, 2.05) is 0 Å². The van der Waals surface area contributed by atoms with Gasteiger partial charge in [0.1, 0.15) is 0 Å². The average molecular weight is 220 g/mol. The maximum Gasteiger partial charge on any atom is 0.0891 e. The molecule has 1 nitrogen and oxygen atoms in total. The van der Waals surface area contributed by atoms with Crippen molar-refractivity contribution in [3.8, 4) is 0 Å². The maximum atomic E-state index is 10.5. The Morgan fingerprint density at radius 3 is 2.75 bits per heavy atom. The SMILES string of the molecule is C=C(CCC=C(C)C)C1(O)CC=C(C)CC1. The minimum atomic E-state index is -0.644. The first-order valence-electron chi connectivity index (χ1n) is 6.14. The van der Waals surface area contributed by atoms with Crippen LogP contribution in [0, 0.1) is 0 Å². The predicted molar refractivity (Wildman–Crippen MR) is 70.4 cm³/mol. The van der Waals surface area contributed by atoms with Crippen molar-refractivity contribution in [2.75, 3.05) is 0 Å². The van der Waals surface area contributed by atoms with Crippen LogP contribution in [0.3, 0.4) is 0 Å². The summed E-state index contributed by atoms with van der Waals surface area (Å²) in [6.07, 6.45) is 8.82. The van der Waals surface area contributed by atoms with Gasteiger partial charge in [-0.25, -0.2) is 0 Å². The Morgan fingerprint density at radius 2 is 2.25 bits per heavy atom. The van der Waals surface area contributed by atoms with Crippen molar-refractivity contribution in [1.82, 2.24) is 0 Å². The Labute approximate surface area is 99.6 Å². The molecule has 0 bridgehead atoms. The lowest BCUT2D eigenvalue weighted by Gasteiger charge is -2.33. The van der Waals surface area contributed by atoms with E-state index >= 15 is 0 Å². The van der Waals surface area contributed by atoms with E-state index in [1.165, 1.54) is 11.1 Å². The normalized spacial score (nSPS) is 24.9. The molecule has 1 N–H and O–H groups in total. The van der Waals surface area contributed by atoms with Gasteiger partial charge in [0, 0.05) is 0 Å². The van der Waals surface area contributed by atoms with Gasteiger partial charge in [-0.05, 0) is 58.4 Å². The second-order valence-electron chi connectivity index (χ2n) is 5.21. The van der Waals surface area contributed by atoms with E-state index in [9.17, 15) is 5.11 Å². The van der Waals surface area contributed by atoms with Crippen molar-refractivity contribution in [2.45, 2.75) is 58.5 Å². The molecular weight excluding hydrogens is 196 g/mol. The zero-order valence-corrected chi connectivity index (χ0v) is 10.8. The summed E-state index contributed by atoms with van der Waals surface area (Å²) in [5.74, 6) is 0. The van der Waals surface area contributed by atoms with Crippen LogP contribution >= 0.6 is 0 Å². The monoisotopic (exact) mass is 220 g/mol. The van der Waals surface area contributed by atoms with Gasteiger partial charge in [0.15, 0.2) is 0 Å². The lowest BCUT2D eigenvalue weighted by molar-refractivity contribution is 0.0645. The summed E-state index contributed by atoms with van der Waals surface area (Å²) in [6.45, 7) is 10.4. The number of allylic oxidation sites excluding steroid dienone is 3. The highest BCUT2D eigenvalue weighted by Crippen LogP contribution is 2.34. The molecule has 1 unspecified atom stereocenters. The van der Waals surface area contributed by atoms with E-state index < -0.39 is 5.60 Å². The van der Waals surface area contributed by atoms with Gasteiger partial charge in [-0.1, -0.05) is 29.9 Å². The van der Waals surface area contributed by atoms with Gasteiger partial charge >= 0.3 is 0 Å². The lowest BCUT2D eigenvalue weighted by Crippen LogP contribution is -2.32. The molecule has 0 amide bonds. The summed E-state index contributed by atoms with van der Waals surface area (Å²) in [5, 5.41) is 10.5. The van der Waals surface area contributed by atoms with Gasteiger partial charge < -0.3 is 5.11 Å². The van der Waals surface area contributed by atoms with Crippen molar-refractivity contribution in [3.05, 3.63) is 35.5 Å². The van der Waals surface area contributed by atoms with E-state index in [0.717, 1.165) is 37.7 Å². The van der Waals surface area contributed by atoms with Crippen LogP contribution in [0.25, 0.3) is 0 Å². The van der Waals surface area contributed by atoms with Crippen LogP contribution in [-0.4, -0.2) is 10.7 Å². The number of aliphatic hydroxyl groups is 1. The van der Waals surface area contributed by atoms with Gasteiger partial charge in [0.05, 0.1) is 5.60 Å². The molecule has 90 valence electrons. The molecule has 1 aliphatic rings. The van der Waals surface area contributed by atoms with Crippen LogP contribution in [0.1, 0.15) is 52.9 Å². The van der Waals surface area contributed by atoms with Gasteiger partial charge in [0.25, 0.3) is 0 Å². The van der Waals surface area contributed by atoms with Crippen LogP contribution < -0.4 is 0 Å². The minimum absolute atomic E-state index is 0.644. The molecule has 0 saturated carbocycles. The lowest BCUT2D eigenvalue weighted by atomic mass is 9.79. The molecule has 0 radical (unpaired) electrons. The molecule has 0 spiro atoms. The molecule has 1 atom stereocenters. The van der Waals surface area contributed by atoms with Crippen molar-refractivity contribution in [2.24, 2.45) is 0 Å². The molecule has 0 aliphatic heterocycles. The Balaban J connectivity index is 2.51. The zero-order chi connectivity index (χ0) is 12.2. The first-order valence-corrected chi connectivity index (χ1v) is 6.14. The quantitative estimate of drug-likeness (QED) is 0.706.